The summed E-state index contributed by atoms with van der Waals surface area (Å²) in [6.07, 6.45) is 5.36. The van der Waals surface area contributed by atoms with Gasteiger partial charge in [0.1, 0.15) is 6.33 Å². The van der Waals surface area contributed by atoms with Gasteiger partial charge in [0.15, 0.2) is 11.2 Å². The first-order valence-electron chi connectivity index (χ1n) is 8.93. The molecule has 8 heteroatoms. The zero-order valence-electron chi connectivity index (χ0n) is 14.7. The number of rotatable bonds is 4. The van der Waals surface area contributed by atoms with Gasteiger partial charge >= 0.3 is 0 Å². The molecule has 1 aliphatic rings. The minimum atomic E-state index is -0.156. The summed E-state index contributed by atoms with van der Waals surface area (Å²) in [7, 11) is 0. The van der Waals surface area contributed by atoms with Gasteiger partial charge in [-0.05, 0) is 50.6 Å². The molecule has 0 N–H and O–H groups in total. The van der Waals surface area contributed by atoms with Crippen LogP contribution in [-0.2, 0) is 6.54 Å². The third kappa shape index (κ3) is 3.24. The number of aryl methyl sites for hydroxylation is 1. The Bertz CT molecular complexity index is 989. The van der Waals surface area contributed by atoms with Crippen molar-refractivity contribution in [2.45, 2.75) is 32.7 Å². The van der Waals surface area contributed by atoms with E-state index in [4.69, 9.17) is 11.6 Å². The molecular weight excluding hydrogens is 352 g/mol. The van der Waals surface area contributed by atoms with Gasteiger partial charge in [0.2, 0.25) is 0 Å². The van der Waals surface area contributed by atoms with Crippen LogP contribution in [-0.4, -0.2) is 49.1 Å². The maximum absolute atomic E-state index is 12.7. The first-order valence-corrected chi connectivity index (χ1v) is 9.31. The fraction of sp³-hybridized carbons (Fsp3) is 0.444. The minimum absolute atomic E-state index is 0.156. The van der Waals surface area contributed by atoms with Crippen molar-refractivity contribution in [2.75, 3.05) is 19.6 Å². The van der Waals surface area contributed by atoms with Gasteiger partial charge in [0.05, 0.1) is 5.69 Å². The molecular formula is C18H21ClN6O. The van der Waals surface area contributed by atoms with Crippen molar-refractivity contribution in [3.8, 4) is 5.69 Å². The maximum Gasteiger partial charge on any atom is 0.283 e. The Labute approximate surface area is 156 Å². The lowest BCUT2D eigenvalue weighted by Gasteiger charge is -2.26. The first kappa shape index (κ1) is 17.2. The number of fused-ring (bicyclic) bond motifs is 1. The summed E-state index contributed by atoms with van der Waals surface area (Å²) in [6.45, 7) is 5.62. The molecule has 0 bridgehead atoms. The molecule has 0 spiro atoms. The normalized spacial score (nSPS) is 15.6. The van der Waals surface area contributed by atoms with Crippen LogP contribution in [0, 0.1) is 6.92 Å². The van der Waals surface area contributed by atoms with E-state index in [0.29, 0.717) is 17.2 Å². The van der Waals surface area contributed by atoms with E-state index in [1.165, 1.54) is 19.3 Å². The number of aromatic nitrogens is 5. The summed E-state index contributed by atoms with van der Waals surface area (Å²) in [6, 6.07) is 5.60. The molecule has 0 radical (unpaired) electrons. The van der Waals surface area contributed by atoms with E-state index in [0.717, 1.165) is 30.9 Å². The number of likely N-dealkylation sites (tertiary alicyclic amines) is 1. The van der Waals surface area contributed by atoms with Crippen molar-refractivity contribution in [2.24, 2.45) is 0 Å². The highest BCUT2D eigenvalue weighted by molar-refractivity contribution is 6.31. The lowest BCUT2D eigenvalue weighted by Crippen LogP contribution is -2.34. The molecule has 3 heterocycles. The van der Waals surface area contributed by atoms with Crippen LogP contribution in [0.25, 0.3) is 16.9 Å². The molecule has 26 heavy (non-hydrogen) atoms. The van der Waals surface area contributed by atoms with Crippen LogP contribution in [0.2, 0.25) is 5.02 Å². The highest BCUT2D eigenvalue weighted by atomic mass is 35.5. The molecule has 2 aromatic heterocycles. The van der Waals surface area contributed by atoms with Gasteiger partial charge in [0.25, 0.3) is 5.56 Å². The van der Waals surface area contributed by atoms with Crippen molar-refractivity contribution in [1.82, 2.24) is 29.4 Å². The van der Waals surface area contributed by atoms with Crippen LogP contribution in [0.1, 0.15) is 24.8 Å². The topological polar surface area (TPSA) is 68.8 Å². The SMILES string of the molecule is Cc1ccc(-n2nnc3c(=O)n(CCN4CCCCC4)cnc32)cc1Cl. The van der Waals surface area contributed by atoms with E-state index in [2.05, 4.69) is 20.2 Å². The van der Waals surface area contributed by atoms with E-state index >= 15 is 0 Å². The Morgan fingerprint density at radius 2 is 1.96 bits per heavy atom. The van der Waals surface area contributed by atoms with Crippen molar-refractivity contribution >= 4 is 22.8 Å². The highest BCUT2D eigenvalue weighted by Gasteiger charge is 2.15. The molecule has 0 saturated carbocycles. The van der Waals surface area contributed by atoms with Crippen LogP contribution in [0.3, 0.4) is 0 Å². The van der Waals surface area contributed by atoms with Gasteiger partial charge in [-0.15, -0.1) is 5.10 Å². The molecule has 7 nitrogen and oxygen atoms in total. The zero-order chi connectivity index (χ0) is 18.1. The Balaban J connectivity index is 1.62. The number of halogens is 1. The zero-order valence-corrected chi connectivity index (χ0v) is 15.5. The van der Waals surface area contributed by atoms with Gasteiger partial charge in [-0.25, -0.2) is 4.98 Å². The summed E-state index contributed by atoms with van der Waals surface area (Å²) >= 11 is 6.20. The smallest absolute Gasteiger partial charge is 0.283 e. The van der Waals surface area contributed by atoms with E-state index in [1.807, 2.05) is 19.1 Å². The second-order valence-electron chi connectivity index (χ2n) is 6.75. The molecule has 0 aliphatic carbocycles. The third-order valence-corrected chi connectivity index (χ3v) is 5.34. The lowest BCUT2D eigenvalue weighted by molar-refractivity contribution is 0.220. The summed E-state index contributed by atoms with van der Waals surface area (Å²) < 4.78 is 3.18. The first-order chi connectivity index (χ1) is 12.6. The van der Waals surface area contributed by atoms with Gasteiger partial charge in [-0.3, -0.25) is 9.36 Å². The van der Waals surface area contributed by atoms with Gasteiger partial charge in [0, 0.05) is 18.1 Å². The second kappa shape index (κ2) is 7.17. The lowest BCUT2D eigenvalue weighted by atomic mass is 10.1. The van der Waals surface area contributed by atoms with Crippen LogP contribution < -0.4 is 5.56 Å². The number of nitrogens with zero attached hydrogens (tertiary/aromatic N) is 6. The number of hydrogen-bond acceptors (Lipinski definition) is 5. The fourth-order valence-corrected chi connectivity index (χ4v) is 3.50. The van der Waals surface area contributed by atoms with Crippen molar-refractivity contribution in [3.05, 3.63) is 45.5 Å². The summed E-state index contributed by atoms with van der Waals surface area (Å²) in [5.41, 5.74) is 2.29. The predicted octanol–water partition coefficient (Wildman–Crippen LogP) is 2.42. The predicted molar refractivity (Wildman–Crippen MR) is 101 cm³/mol. The fourth-order valence-electron chi connectivity index (χ4n) is 3.32. The van der Waals surface area contributed by atoms with Crippen LogP contribution >= 0.6 is 11.6 Å². The molecule has 0 atom stereocenters. The van der Waals surface area contributed by atoms with Gasteiger partial charge in [-0.1, -0.05) is 29.3 Å². The maximum atomic E-state index is 12.7. The van der Waals surface area contributed by atoms with Crippen LogP contribution in [0.5, 0.6) is 0 Å². The van der Waals surface area contributed by atoms with Crippen molar-refractivity contribution in [1.29, 1.82) is 0 Å². The molecule has 3 aromatic rings. The Kier molecular flexibility index (Phi) is 4.74. The van der Waals surface area contributed by atoms with Crippen LogP contribution in [0.4, 0.5) is 0 Å². The summed E-state index contributed by atoms with van der Waals surface area (Å²) in [4.78, 5) is 19.6. The van der Waals surface area contributed by atoms with E-state index < -0.39 is 0 Å². The molecule has 0 amide bonds. The molecule has 4 rings (SSSR count). The second-order valence-corrected chi connectivity index (χ2v) is 7.16. The number of hydrogen-bond donors (Lipinski definition) is 0. The van der Waals surface area contributed by atoms with Crippen molar-refractivity contribution < 1.29 is 0 Å². The van der Waals surface area contributed by atoms with Crippen LogP contribution in [0.15, 0.2) is 29.3 Å². The van der Waals surface area contributed by atoms with E-state index in [1.54, 1.807) is 21.6 Å². The molecule has 136 valence electrons. The van der Waals surface area contributed by atoms with E-state index in [9.17, 15) is 4.79 Å². The van der Waals surface area contributed by atoms with Crippen molar-refractivity contribution in [3.63, 3.8) is 0 Å². The standard InChI is InChI=1S/C18H21ClN6O/c1-13-5-6-14(11-15(13)19)25-17-16(21-22-25)18(26)24(12-20-17)10-9-23-7-3-2-4-8-23/h5-6,11-12H,2-4,7-10H2,1H3. The largest absolute Gasteiger partial charge is 0.302 e. The number of piperidine rings is 1. The molecule has 1 aromatic carbocycles. The quantitative estimate of drug-likeness (QED) is 0.703. The average Bonchev–Trinajstić information content (AvgIpc) is 3.09. The summed E-state index contributed by atoms with van der Waals surface area (Å²) in [5, 5.41) is 8.81. The molecule has 1 aliphatic heterocycles. The molecule has 1 saturated heterocycles. The Morgan fingerprint density at radius 3 is 2.73 bits per heavy atom. The monoisotopic (exact) mass is 372 g/mol. The average molecular weight is 373 g/mol. The minimum Gasteiger partial charge on any atom is -0.302 e. The number of benzene rings is 1. The Hall–Kier alpha value is -2.25. The molecule has 0 unspecified atom stereocenters. The molecule has 1 fully saturated rings. The summed E-state index contributed by atoms with van der Waals surface area (Å²) in [5.74, 6) is 0. The van der Waals surface area contributed by atoms with Gasteiger partial charge in [-0.2, -0.15) is 4.68 Å². The third-order valence-electron chi connectivity index (χ3n) is 4.94. The van der Waals surface area contributed by atoms with E-state index in [-0.39, 0.29) is 11.1 Å². The van der Waals surface area contributed by atoms with Gasteiger partial charge < -0.3 is 4.90 Å². The Morgan fingerprint density at radius 1 is 1.15 bits per heavy atom. The highest BCUT2D eigenvalue weighted by Crippen LogP contribution is 2.20.